The molecule has 0 aliphatic rings. The topological polar surface area (TPSA) is 75.3 Å². The van der Waals surface area contributed by atoms with Gasteiger partial charge in [-0.3, -0.25) is 9.52 Å². The molecule has 0 aromatic heterocycles. The molecule has 3 aromatic rings. The van der Waals surface area contributed by atoms with Crippen molar-refractivity contribution in [2.75, 3.05) is 4.72 Å². The van der Waals surface area contributed by atoms with Crippen molar-refractivity contribution in [3.05, 3.63) is 94.5 Å². The largest absolute Gasteiger partial charge is 0.348 e. The predicted octanol–water partition coefficient (Wildman–Crippen LogP) is 4.34. The van der Waals surface area contributed by atoms with Gasteiger partial charge in [-0.25, -0.2) is 8.42 Å². The molecule has 0 fully saturated rings. The molecule has 0 saturated heterocycles. The van der Waals surface area contributed by atoms with Crippen LogP contribution in [-0.2, 0) is 16.6 Å². The number of anilines is 1. The molecule has 3 rings (SSSR count). The first-order valence-corrected chi connectivity index (χ1v) is 10.8. The molecule has 0 heterocycles. The van der Waals surface area contributed by atoms with E-state index < -0.39 is 10.0 Å². The van der Waals surface area contributed by atoms with Gasteiger partial charge in [0.1, 0.15) is 0 Å². The lowest BCUT2D eigenvalue weighted by Gasteiger charge is -2.12. The molecule has 6 heteroatoms. The van der Waals surface area contributed by atoms with Crippen LogP contribution in [0.25, 0.3) is 0 Å². The molecule has 2 N–H and O–H groups in total. The molecule has 0 aliphatic heterocycles. The molecule has 0 aliphatic carbocycles. The number of hydrogen-bond donors (Lipinski definition) is 2. The summed E-state index contributed by atoms with van der Waals surface area (Å²) < 4.78 is 27.9. The van der Waals surface area contributed by atoms with Gasteiger partial charge >= 0.3 is 0 Å². The van der Waals surface area contributed by atoms with Gasteiger partial charge in [-0.15, -0.1) is 0 Å². The van der Waals surface area contributed by atoms with E-state index in [4.69, 9.17) is 0 Å². The highest BCUT2D eigenvalue weighted by molar-refractivity contribution is 7.92. The highest BCUT2D eigenvalue weighted by Gasteiger charge is 2.17. The van der Waals surface area contributed by atoms with Crippen LogP contribution in [0.3, 0.4) is 0 Å². The quantitative estimate of drug-likeness (QED) is 0.637. The Kier molecular flexibility index (Phi) is 6.03. The van der Waals surface area contributed by atoms with Crippen molar-refractivity contribution in [3.8, 4) is 0 Å². The van der Waals surface area contributed by atoms with E-state index in [1.165, 1.54) is 5.56 Å². The van der Waals surface area contributed by atoms with Crippen LogP contribution in [-0.4, -0.2) is 14.3 Å². The Balaban J connectivity index is 1.67. The number of hydrogen-bond acceptors (Lipinski definition) is 3. The van der Waals surface area contributed by atoms with Gasteiger partial charge in [0.25, 0.3) is 15.9 Å². The fraction of sp³-hybridized carbons (Fsp3) is 0.174. The Bertz CT molecular complexity index is 1120. The number of carbonyl (C=O) groups is 1. The third kappa shape index (κ3) is 5.23. The molecule has 0 atom stereocenters. The van der Waals surface area contributed by atoms with Crippen molar-refractivity contribution in [1.29, 1.82) is 0 Å². The molecular weight excluding hydrogens is 384 g/mol. The minimum atomic E-state index is -3.70. The monoisotopic (exact) mass is 408 g/mol. The summed E-state index contributed by atoms with van der Waals surface area (Å²) in [6, 6.07) is 19.6. The average Bonchev–Trinajstić information content (AvgIpc) is 2.69. The van der Waals surface area contributed by atoms with Crippen LogP contribution in [0.5, 0.6) is 0 Å². The number of sulfonamides is 1. The molecule has 29 heavy (non-hydrogen) atoms. The Morgan fingerprint density at radius 2 is 1.45 bits per heavy atom. The van der Waals surface area contributed by atoms with Crippen molar-refractivity contribution in [2.24, 2.45) is 0 Å². The van der Waals surface area contributed by atoms with Crippen LogP contribution in [0.1, 0.15) is 32.6 Å². The van der Waals surface area contributed by atoms with Gasteiger partial charge < -0.3 is 5.32 Å². The summed E-state index contributed by atoms with van der Waals surface area (Å²) in [5.41, 5.74) is 4.60. The SMILES string of the molecule is Cc1ccc(CNC(=O)c2ccc(NS(=O)(=O)c3cc(C)ccc3C)cc2)cc1. The minimum Gasteiger partial charge on any atom is -0.348 e. The molecule has 0 spiro atoms. The van der Waals surface area contributed by atoms with E-state index in [0.29, 0.717) is 23.4 Å². The van der Waals surface area contributed by atoms with Gasteiger partial charge in [0.05, 0.1) is 4.90 Å². The number of aryl methyl sites for hydroxylation is 3. The fourth-order valence-electron chi connectivity index (χ4n) is 2.89. The highest BCUT2D eigenvalue weighted by Crippen LogP contribution is 2.21. The number of rotatable bonds is 6. The third-order valence-corrected chi connectivity index (χ3v) is 6.13. The van der Waals surface area contributed by atoms with Crippen LogP contribution >= 0.6 is 0 Å². The van der Waals surface area contributed by atoms with Crippen LogP contribution in [0.15, 0.2) is 71.6 Å². The second kappa shape index (κ2) is 8.49. The van der Waals surface area contributed by atoms with E-state index in [1.807, 2.05) is 44.2 Å². The molecule has 0 saturated carbocycles. The second-order valence-corrected chi connectivity index (χ2v) is 8.77. The van der Waals surface area contributed by atoms with Crippen molar-refractivity contribution in [2.45, 2.75) is 32.2 Å². The maximum Gasteiger partial charge on any atom is 0.262 e. The van der Waals surface area contributed by atoms with Crippen LogP contribution < -0.4 is 10.0 Å². The predicted molar refractivity (Wildman–Crippen MR) is 116 cm³/mol. The first-order valence-electron chi connectivity index (χ1n) is 9.28. The molecule has 1 amide bonds. The van der Waals surface area contributed by atoms with Gasteiger partial charge in [0.15, 0.2) is 0 Å². The number of benzene rings is 3. The second-order valence-electron chi connectivity index (χ2n) is 7.12. The van der Waals surface area contributed by atoms with Gasteiger partial charge in [0.2, 0.25) is 0 Å². The Morgan fingerprint density at radius 1 is 0.828 bits per heavy atom. The lowest BCUT2D eigenvalue weighted by Crippen LogP contribution is -2.22. The lowest BCUT2D eigenvalue weighted by molar-refractivity contribution is 0.0951. The van der Waals surface area contributed by atoms with Crippen LogP contribution in [0, 0.1) is 20.8 Å². The number of amides is 1. The zero-order valence-electron chi connectivity index (χ0n) is 16.7. The zero-order chi connectivity index (χ0) is 21.0. The van der Waals surface area contributed by atoms with Crippen molar-refractivity contribution in [1.82, 2.24) is 5.32 Å². The Hall–Kier alpha value is -3.12. The van der Waals surface area contributed by atoms with E-state index in [-0.39, 0.29) is 10.8 Å². The Morgan fingerprint density at radius 3 is 2.10 bits per heavy atom. The van der Waals surface area contributed by atoms with E-state index in [1.54, 1.807) is 43.3 Å². The van der Waals surface area contributed by atoms with Crippen molar-refractivity contribution >= 4 is 21.6 Å². The van der Waals surface area contributed by atoms with Crippen molar-refractivity contribution in [3.63, 3.8) is 0 Å². The van der Waals surface area contributed by atoms with E-state index >= 15 is 0 Å². The fourth-order valence-corrected chi connectivity index (χ4v) is 4.28. The van der Waals surface area contributed by atoms with Gasteiger partial charge in [-0.05, 0) is 67.8 Å². The van der Waals surface area contributed by atoms with E-state index in [0.717, 1.165) is 11.1 Å². The highest BCUT2D eigenvalue weighted by atomic mass is 32.2. The molecule has 3 aromatic carbocycles. The summed E-state index contributed by atoms with van der Waals surface area (Å²) in [4.78, 5) is 12.6. The standard InChI is InChI=1S/C23H24N2O3S/c1-16-5-8-19(9-6-16)15-24-23(26)20-10-12-21(13-11-20)25-29(27,28)22-14-17(2)4-7-18(22)3/h4-14,25H,15H2,1-3H3,(H,24,26). The Labute approximate surface area is 171 Å². The first-order chi connectivity index (χ1) is 13.7. The lowest BCUT2D eigenvalue weighted by atomic mass is 10.1. The maximum absolute atomic E-state index is 12.7. The molecule has 150 valence electrons. The minimum absolute atomic E-state index is 0.213. The maximum atomic E-state index is 12.7. The third-order valence-electron chi connectivity index (χ3n) is 4.61. The van der Waals surface area contributed by atoms with E-state index in [2.05, 4.69) is 10.0 Å². The summed E-state index contributed by atoms with van der Waals surface area (Å²) >= 11 is 0. The molecule has 5 nitrogen and oxygen atoms in total. The first kappa shape index (κ1) is 20.6. The summed E-state index contributed by atoms with van der Waals surface area (Å²) in [6.07, 6.45) is 0. The van der Waals surface area contributed by atoms with Gasteiger partial charge in [-0.1, -0.05) is 42.0 Å². The molecule has 0 unspecified atom stereocenters. The van der Waals surface area contributed by atoms with Gasteiger partial charge in [0, 0.05) is 17.8 Å². The summed E-state index contributed by atoms with van der Waals surface area (Å²) in [5.74, 6) is -0.213. The smallest absolute Gasteiger partial charge is 0.262 e. The number of carbonyl (C=O) groups excluding carboxylic acids is 1. The molecule has 0 bridgehead atoms. The number of nitrogens with one attached hydrogen (secondary N) is 2. The van der Waals surface area contributed by atoms with Crippen molar-refractivity contribution < 1.29 is 13.2 Å². The molecule has 0 radical (unpaired) electrons. The van der Waals surface area contributed by atoms with Crippen LogP contribution in [0.2, 0.25) is 0 Å². The van der Waals surface area contributed by atoms with Crippen LogP contribution in [0.4, 0.5) is 5.69 Å². The van der Waals surface area contributed by atoms with E-state index in [9.17, 15) is 13.2 Å². The summed E-state index contributed by atoms with van der Waals surface area (Å²) in [5, 5.41) is 2.86. The summed E-state index contributed by atoms with van der Waals surface area (Å²) in [6.45, 7) is 6.05. The summed E-state index contributed by atoms with van der Waals surface area (Å²) in [7, 11) is -3.70. The van der Waals surface area contributed by atoms with Gasteiger partial charge in [-0.2, -0.15) is 0 Å². The molecular formula is C23H24N2O3S. The normalized spacial score (nSPS) is 11.1. The average molecular weight is 409 g/mol. The zero-order valence-corrected chi connectivity index (χ0v) is 17.5.